The van der Waals surface area contributed by atoms with E-state index in [2.05, 4.69) is 190 Å². The summed E-state index contributed by atoms with van der Waals surface area (Å²) < 4.78 is 15.6. The van der Waals surface area contributed by atoms with Crippen molar-refractivity contribution in [3.05, 3.63) is 169 Å². The maximum atomic E-state index is 7.16. The van der Waals surface area contributed by atoms with Gasteiger partial charge in [-0.1, -0.05) is 173 Å². The van der Waals surface area contributed by atoms with Gasteiger partial charge in [0.25, 0.3) is 0 Å². The van der Waals surface area contributed by atoms with E-state index in [1.54, 1.807) is 0 Å². The number of hydrogen-bond donors (Lipinski definition) is 0. The van der Waals surface area contributed by atoms with Crippen molar-refractivity contribution < 1.29 is 9.15 Å². The first kappa shape index (κ1) is 33.6. The highest BCUT2D eigenvalue weighted by atomic mass is 28.3. The zero-order valence-corrected chi connectivity index (χ0v) is 33.8. The van der Waals surface area contributed by atoms with Gasteiger partial charge in [-0.2, -0.15) is 4.98 Å². The fourth-order valence-electron chi connectivity index (χ4n) is 9.16. The van der Waals surface area contributed by atoms with Crippen molar-refractivity contribution >= 4 is 75.2 Å². The van der Waals surface area contributed by atoms with E-state index >= 15 is 0 Å². The van der Waals surface area contributed by atoms with Gasteiger partial charge in [0.2, 0.25) is 0 Å². The van der Waals surface area contributed by atoms with Crippen molar-refractivity contribution in [1.29, 1.82) is 0 Å². The Kier molecular flexibility index (Phi) is 7.50. The van der Waals surface area contributed by atoms with Crippen LogP contribution in [-0.4, -0.2) is 25.5 Å². The van der Waals surface area contributed by atoms with Crippen LogP contribution in [0.1, 0.15) is 26.3 Å². The Labute approximate surface area is 323 Å². The highest BCUT2D eigenvalue weighted by molar-refractivity contribution is 7.20. The zero-order valence-electron chi connectivity index (χ0n) is 31.8. The number of fused-ring (bicyclic) bond motifs is 7. The Morgan fingerprint density at radius 1 is 0.582 bits per heavy atom. The van der Waals surface area contributed by atoms with Gasteiger partial charge in [0.15, 0.2) is 13.7 Å². The summed E-state index contributed by atoms with van der Waals surface area (Å²) in [5, 5.41) is 7.96. The fourth-order valence-corrected chi connectivity index (χ4v) is 17.0. The predicted octanol–water partition coefficient (Wildman–Crippen LogP) is 8.50. The molecule has 6 heteroatoms. The summed E-state index contributed by atoms with van der Waals surface area (Å²) in [4.78, 5) is 5.14. The van der Waals surface area contributed by atoms with Crippen LogP contribution in [0.25, 0.3) is 39.1 Å². The van der Waals surface area contributed by atoms with E-state index in [1.807, 2.05) is 12.1 Å². The van der Waals surface area contributed by atoms with Crippen molar-refractivity contribution in [1.82, 2.24) is 9.38 Å². The monoisotopic (exact) mass is 746 g/mol. The van der Waals surface area contributed by atoms with Crippen LogP contribution in [-0.2, 0) is 5.41 Å². The summed E-state index contributed by atoms with van der Waals surface area (Å²) in [6.45, 7) is 11.9. The van der Waals surface area contributed by atoms with Crippen molar-refractivity contribution in [3.8, 4) is 22.6 Å². The highest BCUT2D eigenvalue weighted by Crippen LogP contribution is 2.38. The molecule has 0 atom stereocenters. The molecule has 1 aliphatic rings. The van der Waals surface area contributed by atoms with E-state index in [4.69, 9.17) is 14.1 Å². The number of oxazole rings is 1. The maximum Gasteiger partial charge on any atom is 0.307 e. The first-order chi connectivity index (χ1) is 26.7. The second-order valence-electron chi connectivity index (χ2n) is 16.4. The van der Waals surface area contributed by atoms with Gasteiger partial charge >= 0.3 is 5.84 Å². The molecule has 9 aromatic rings. The molecule has 0 saturated carbocycles. The Morgan fingerprint density at radius 3 is 1.96 bits per heavy atom. The second kappa shape index (κ2) is 12.3. The van der Waals surface area contributed by atoms with E-state index < -0.39 is 16.1 Å². The topological polar surface area (TPSA) is 39.7 Å². The normalized spacial score (nSPS) is 13.8. The number of nitrogens with zero attached hydrogens (tertiary/aromatic N) is 2. The van der Waals surface area contributed by atoms with Gasteiger partial charge in [-0.25, -0.2) is 0 Å². The van der Waals surface area contributed by atoms with Crippen LogP contribution in [0, 0.1) is 0 Å². The summed E-state index contributed by atoms with van der Waals surface area (Å²) in [5.41, 5.74) is 7.22. The summed E-state index contributed by atoms with van der Waals surface area (Å²) >= 11 is 0. The summed E-state index contributed by atoms with van der Waals surface area (Å²) in [7, 11) is -5.14. The molecule has 0 radical (unpaired) electrons. The molecular weight excluding hydrogens is 705 g/mol. The van der Waals surface area contributed by atoms with Crippen LogP contribution >= 0.6 is 0 Å². The molecule has 0 spiro atoms. The lowest BCUT2D eigenvalue weighted by atomic mass is 9.81. The number of rotatable bonds is 5. The summed E-state index contributed by atoms with van der Waals surface area (Å²) in [6, 6.07) is 60.0. The Morgan fingerprint density at radius 2 is 1.22 bits per heavy atom. The van der Waals surface area contributed by atoms with Crippen molar-refractivity contribution in [2.45, 2.75) is 39.3 Å². The molecule has 7 aromatic carbocycles. The first-order valence-electron chi connectivity index (χ1n) is 19.1. The van der Waals surface area contributed by atoms with Gasteiger partial charge in [-0.05, 0) is 71.9 Å². The standard InChI is InChI=1S/C49H42N2O2Si2/c1-49(2,3)38-32-35(30-31-36(38)37-22-16-24-40-46(37)50-48-51(40)39-23-12-13-25-41(39)53-48)55(33-18-8-6-9-19-33,34-20-10-7-11-21-34)45-29-17-28-44-47(45)52-42-26-14-15-27-43(42)54(44,4)5/h6-32H,1-5H3. The Bertz CT molecular complexity index is 2880. The van der Waals surface area contributed by atoms with E-state index in [1.165, 1.54) is 42.2 Å². The maximum absolute atomic E-state index is 7.16. The summed E-state index contributed by atoms with van der Waals surface area (Å²) in [5.74, 6) is 2.63. The number of benzene rings is 7. The average molecular weight is 747 g/mol. The highest BCUT2D eigenvalue weighted by Gasteiger charge is 2.47. The van der Waals surface area contributed by atoms with Crippen molar-refractivity contribution in [3.63, 3.8) is 0 Å². The van der Waals surface area contributed by atoms with Gasteiger partial charge in [0.1, 0.15) is 25.1 Å². The third-order valence-electron chi connectivity index (χ3n) is 11.8. The van der Waals surface area contributed by atoms with Crippen LogP contribution < -0.4 is 35.9 Å². The number of aromatic nitrogens is 2. The lowest BCUT2D eigenvalue weighted by Crippen LogP contribution is -2.76. The van der Waals surface area contributed by atoms with Crippen molar-refractivity contribution in [2.24, 2.45) is 0 Å². The molecule has 10 rings (SSSR count). The molecule has 4 nitrogen and oxygen atoms in total. The largest absolute Gasteiger partial charge is 0.458 e. The molecule has 268 valence electrons. The van der Waals surface area contributed by atoms with Gasteiger partial charge in [-0.3, -0.25) is 4.40 Å². The number of ether oxygens (including phenoxy) is 1. The third-order valence-corrected chi connectivity index (χ3v) is 20.1. The van der Waals surface area contributed by atoms with E-state index in [0.29, 0.717) is 5.84 Å². The molecule has 0 unspecified atom stereocenters. The number of hydrogen-bond acceptors (Lipinski definition) is 3. The Hall–Kier alpha value is -5.96. The fraction of sp³-hybridized carbons (Fsp3) is 0.122. The smallest absolute Gasteiger partial charge is 0.307 e. The molecule has 2 aromatic heterocycles. The number of imidazole rings is 1. The van der Waals surface area contributed by atoms with Gasteiger partial charge in [0, 0.05) is 5.56 Å². The van der Waals surface area contributed by atoms with Gasteiger partial charge in [-0.15, -0.1) is 0 Å². The minimum atomic E-state index is -3.03. The molecule has 0 aliphatic carbocycles. The Balaban J connectivity index is 1.28. The second-order valence-corrected chi connectivity index (χ2v) is 24.5. The van der Waals surface area contributed by atoms with E-state index in [-0.39, 0.29) is 5.41 Å². The van der Waals surface area contributed by atoms with Crippen LogP contribution in [0.5, 0.6) is 11.5 Å². The molecule has 0 amide bonds. The van der Waals surface area contributed by atoms with Crippen molar-refractivity contribution in [2.75, 3.05) is 0 Å². The van der Waals surface area contributed by atoms with Crippen LogP contribution in [0.15, 0.2) is 168 Å². The minimum absolute atomic E-state index is 0.187. The molecular formula is C49H42N2O2Si2. The molecule has 55 heavy (non-hydrogen) atoms. The van der Waals surface area contributed by atoms with Gasteiger partial charge in [0.05, 0.1) is 11.0 Å². The third kappa shape index (κ3) is 4.98. The number of para-hydroxylation sites is 5. The van der Waals surface area contributed by atoms with Crippen LogP contribution in [0.4, 0.5) is 0 Å². The van der Waals surface area contributed by atoms with E-state index in [0.717, 1.165) is 39.2 Å². The minimum Gasteiger partial charge on any atom is -0.458 e. The molecule has 0 N–H and O–H groups in total. The van der Waals surface area contributed by atoms with Crippen LogP contribution in [0.3, 0.4) is 0 Å². The van der Waals surface area contributed by atoms with Gasteiger partial charge < -0.3 is 9.15 Å². The first-order valence-corrected chi connectivity index (χ1v) is 24.1. The quantitative estimate of drug-likeness (QED) is 0.131. The molecule has 1 aliphatic heterocycles. The molecule has 0 bridgehead atoms. The average Bonchev–Trinajstić information content (AvgIpc) is 3.76. The van der Waals surface area contributed by atoms with E-state index in [9.17, 15) is 0 Å². The summed E-state index contributed by atoms with van der Waals surface area (Å²) in [6.07, 6.45) is 0. The van der Waals surface area contributed by atoms with Crippen LogP contribution in [0.2, 0.25) is 13.1 Å². The zero-order chi connectivity index (χ0) is 37.5. The predicted molar refractivity (Wildman–Crippen MR) is 233 cm³/mol. The molecule has 3 heterocycles. The SMILES string of the molecule is CC(C)(C)c1cc([Si](c2ccccc2)(c2ccccc2)c2cccc3c2Oc2ccccc2[Si]3(C)C)ccc1-c1cccc2c1nc1oc3ccccc3n12. The lowest BCUT2D eigenvalue weighted by Gasteiger charge is -2.40. The molecule has 0 saturated heterocycles. The lowest BCUT2D eigenvalue weighted by molar-refractivity contribution is 0.490. The molecule has 0 fully saturated rings.